The number of carbonyl (C=O) groups is 1. The van der Waals surface area contributed by atoms with Crippen molar-refractivity contribution in [1.82, 2.24) is 9.88 Å². The highest BCUT2D eigenvalue weighted by Crippen LogP contribution is 2.39. The van der Waals surface area contributed by atoms with Crippen LogP contribution in [0.2, 0.25) is 0 Å². The lowest BCUT2D eigenvalue weighted by Crippen LogP contribution is -2.47. The highest BCUT2D eigenvalue weighted by atomic mass is 32.2. The monoisotopic (exact) mass is 518 g/mol. The number of aromatic nitrogens is 1. The molecule has 1 amide bonds. The first-order chi connectivity index (χ1) is 17.1. The van der Waals surface area contributed by atoms with Gasteiger partial charge in [-0.15, -0.1) is 0 Å². The number of piperazine rings is 1. The summed E-state index contributed by atoms with van der Waals surface area (Å²) in [6, 6.07) is 10.8. The minimum atomic E-state index is -3.67. The van der Waals surface area contributed by atoms with Crippen LogP contribution in [0.1, 0.15) is 18.9 Å². The van der Waals surface area contributed by atoms with Crippen molar-refractivity contribution in [2.75, 3.05) is 49.2 Å². The van der Waals surface area contributed by atoms with Crippen molar-refractivity contribution in [3.63, 3.8) is 0 Å². The quantitative estimate of drug-likeness (QED) is 0.444. The number of fused-ring (bicyclic) bond motifs is 2. The Kier molecular flexibility index (Phi) is 7.82. The first-order valence-corrected chi connectivity index (χ1v) is 13.7. The molecule has 9 nitrogen and oxygen atoms in total. The van der Waals surface area contributed by atoms with Crippen molar-refractivity contribution in [3.05, 3.63) is 54.0 Å². The van der Waals surface area contributed by atoms with Crippen LogP contribution in [0.4, 0.5) is 15.8 Å². The number of aromatic amines is 1. The number of anilines is 2. The molecular weight excluding hydrogens is 487 g/mol. The Hall–Kier alpha value is -3.15. The highest BCUT2D eigenvalue weighted by molar-refractivity contribution is 7.85. The van der Waals surface area contributed by atoms with Gasteiger partial charge in [0, 0.05) is 43.3 Å². The molecule has 36 heavy (non-hydrogen) atoms. The van der Waals surface area contributed by atoms with Crippen molar-refractivity contribution in [2.45, 2.75) is 25.9 Å². The summed E-state index contributed by atoms with van der Waals surface area (Å²) in [5.74, 6) is 0.479. The fourth-order valence-electron chi connectivity index (χ4n) is 4.52. The summed E-state index contributed by atoms with van der Waals surface area (Å²) in [6.07, 6.45) is 4.21. The summed E-state index contributed by atoms with van der Waals surface area (Å²) in [6.45, 7) is 6.59. The molecule has 5 rings (SSSR count). The zero-order chi connectivity index (χ0) is 25.9. The van der Waals surface area contributed by atoms with E-state index in [9.17, 15) is 17.6 Å². The second kappa shape index (κ2) is 10.9. The smallest absolute Gasteiger partial charge is 0.265 e. The predicted molar refractivity (Wildman–Crippen MR) is 138 cm³/mol. The standard InChI is InChI=1S/C24H27FN4O2.CH4O3S/c1-16-24(30)27-21-5-2-6-22(23(21)31-16)29-12-10-28(11-13-29)9-3-4-17-15-26-20-8-7-18(25)14-19(17)20;1-5(2,3)4/h2,5-8,14-16,26H,3-4,9-13H2,1H3,(H,27,30);1H3,(H,2,3,4). The lowest BCUT2D eigenvalue weighted by Gasteiger charge is -2.38. The molecule has 0 bridgehead atoms. The largest absolute Gasteiger partial charge is 0.477 e. The number of rotatable bonds is 5. The van der Waals surface area contributed by atoms with Gasteiger partial charge in [-0.1, -0.05) is 6.07 Å². The average molecular weight is 519 g/mol. The minimum Gasteiger partial charge on any atom is -0.477 e. The Bertz CT molecular complexity index is 1330. The zero-order valence-electron chi connectivity index (χ0n) is 20.3. The first-order valence-electron chi connectivity index (χ1n) is 11.8. The normalized spacial score (nSPS) is 18.2. The van der Waals surface area contributed by atoms with E-state index < -0.39 is 16.2 Å². The molecular formula is C25H31FN4O5S. The predicted octanol–water partition coefficient (Wildman–Crippen LogP) is 3.29. The van der Waals surface area contributed by atoms with Crippen LogP contribution in [-0.2, 0) is 21.3 Å². The number of halogens is 1. The first kappa shape index (κ1) is 25.9. The molecule has 1 fully saturated rings. The van der Waals surface area contributed by atoms with Crippen LogP contribution < -0.4 is 15.0 Å². The van der Waals surface area contributed by atoms with E-state index in [1.165, 1.54) is 11.6 Å². The Morgan fingerprint density at radius 3 is 2.61 bits per heavy atom. The second-order valence-corrected chi connectivity index (χ2v) is 10.5. The molecule has 3 aromatic rings. The Balaban J connectivity index is 0.000000556. The molecule has 0 radical (unpaired) electrons. The van der Waals surface area contributed by atoms with E-state index in [-0.39, 0.29) is 11.7 Å². The molecule has 0 spiro atoms. The molecule has 0 saturated carbocycles. The van der Waals surface area contributed by atoms with Crippen molar-refractivity contribution < 1.29 is 26.9 Å². The zero-order valence-corrected chi connectivity index (χ0v) is 21.1. The molecule has 3 heterocycles. The summed E-state index contributed by atoms with van der Waals surface area (Å²) in [7, 11) is -3.67. The molecule has 1 saturated heterocycles. The molecule has 2 aromatic carbocycles. The Labute approximate surface area is 210 Å². The molecule has 1 atom stereocenters. The van der Waals surface area contributed by atoms with Gasteiger partial charge >= 0.3 is 0 Å². The van der Waals surface area contributed by atoms with Crippen LogP contribution in [0.3, 0.4) is 0 Å². The average Bonchev–Trinajstić information content (AvgIpc) is 3.21. The lowest BCUT2D eigenvalue weighted by molar-refractivity contribution is -0.122. The third-order valence-electron chi connectivity index (χ3n) is 6.28. The molecule has 11 heteroatoms. The maximum atomic E-state index is 13.6. The van der Waals surface area contributed by atoms with Crippen LogP contribution in [0, 0.1) is 5.82 Å². The van der Waals surface area contributed by atoms with Crippen molar-refractivity contribution >= 4 is 38.3 Å². The van der Waals surface area contributed by atoms with Crippen LogP contribution in [0.5, 0.6) is 5.75 Å². The van der Waals surface area contributed by atoms with E-state index in [4.69, 9.17) is 9.29 Å². The van der Waals surface area contributed by atoms with Gasteiger partial charge in [0.25, 0.3) is 16.0 Å². The third kappa shape index (κ3) is 6.54. The van der Waals surface area contributed by atoms with Gasteiger partial charge in [0.1, 0.15) is 5.82 Å². The van der Waals surface area contributed by atoms with E-state index in [1.54, 1.807) is 19.1 Å². The third-order valence-corrected chi connectivity index (χ3v) is 6.28. The van der Waals surface area contributed by atoms with Crippen molar-refractivity contribution in [2.24, 2.45) is 0 Å². The minimum absolute atomic E-state index is 0.104. The second-order valence-electron chi connectivity index (χ2n) is 9.07. The van der Waals surface area contributed by atoms with Gasteiger partial charge in [0.2, 0.25) is 0 Å². The Morgan fingerprint density at radius 1 is 1.17 bits per heavy atom. The number of amides is 1. The van der Waals surface area contributed by atoms with E-state index >= 15 is 0 Å². The molecule has 2 aliphatic rings. The van der Waals surface area contributed by atoms with Gasteiger partial charge in [-0.25, -0.2) is 4.39 Å². The molecule has 3 N–H and O–H groups in total. The maximum absolute atomic E-state index is 13.6. The van der Waals surface area contributed by atoms with Gasteiger partial charge in [0.15, 0.2) is 11.9 Å². The SMILES string of the molecule is CC1Oc2c(cccc2N2CCN(CCCc3c[nH]c4ccc(F)cc34)CC2)NC1=O.CS(=O)(=O)O. The number of hydrogen-bond donors (Lipinski definition) is 3. The number of H-pyrrole nitrogens is 1. The fourth-order valence-corrected chi connectivity index (χ4v) is 4.52. The van der Waals surface area contributed by atoms with Gasteiger partial charge in [-0.2, -0.15) is 8.42 Å². The van der Waals surface area contributed by atoms with Crippen LogP contribution in [0.25, 0.3) is 10.9 Å². The fraction of sp³-hybridized carbons (Fsp3) is 0.400. The van der Waals surface area contributed by atoms with Crippen LogP contribution in [-0.4, -0.2) is 73.8 Å². The number of aryl methyl sites for hydroxylation is 1. The van der Waals surface area contributed by atoms with Crippen LogP contribution in [0.15, 0.2) is 42.6 Å². The number of para-hydroxylation sites is 1. The number of nitrogens with zero attached hydrogens (tertiary/aromatic N) is 2. The molecule has 1 aromatic heterocycles. The summed E-state index contributed by atoms with van der Waals surface area (Å²) in [5.41, 5.74) is 3.96. The topological polar surface area (TPSA) is 115 Å². The van der Waals surface area contributed by atoms with Gasteiger partial charge in [-0.3, -0.25) is 14.2 Å². The van der Waals surface area contributed by atoms with Gasteiger partial charge < -0.3 is 19.9 Å². The number of carbonyl (C=O) groups excluding carboxylic acids is 1. The Morgan fingerprint density at radius 2 is 1.89 bits per heavy atom. The lowest BCUT2D eigenvalue weighted by atomic mass is 10.1. The molecule has 1 unspecified atom stereocenters. The van der Waals surface area contributed by atoms with Crippen molar-refractivity contribution in [3.8, 4) is 5.75 Å². The number of ether oxygens (including phenoxy) is 1. The summed E-state index contributed by atoms with van der Waals surface area (Å²) in [4.78, 5) is 19.9. The van der Waals surface area contributed by atoms with Crippen molar-refractivity contribution in [1.29, 1.82) is 0 Å². The summed E-state index contributed by atoms with van der Waals surface area (Å²) in [5, 5.41) is 3.91. The van der Waals surface area contributed by atoms with E-state index in [1.807, 2.05) is 18.3 Å². The van der Waals surface area contributed by atoms with Gasteiger partial charge in [0.05, 0.1) is 17.6 Å². The number of benzene rings is 2. The molecule has 2 aliphatic heterocycles. The molecule has 194 valence electrons. The molecule has 0 aliphatic carbocycles. The summed E-state index contributed by atoms with van der Waals surface area (Å²) < 4.78 is 45.3. The van der Waals surface area contributed by atoms with E-state index in [0.29, 0.717) is 6.26 Å². The van der Waals surface area contributed by atoms with E-state index in [0.717, 1.165) is 73.6 Å². The maximum Gasteiger partial charge on any atom is 0.265 e. The van der Waals surface area contributed by atoms with E-state index in [2.05, 4.69) is 26.2 Å². The number of hydrogen-bond acceptors (Lipinski definition) is 6. The number of nitrogens with one attached hydrogen (secondary N) is 2. The highest BCUT2D eigenvalue weighted by Gasteiger charge is 2.28. The van der Waals surface area contributed by atoms with Gasteiger partial charge in [-0.05, 0) is 62.2 Å². The van der Waals surface area contributed by atoms with Crippen LogP contribution >= 0.6 is 0 Å². The summed E-state index contributed by atoms with van der Waals surface area (Å²) >= 11 is 0.